The lowest BCUT2D eigenvalue weighted by Gasteiger charge is -2.50. The zero-order chi connectivity index (χ0) is 25.7. The molecule has 1 spiro atoms. The van der Waals surface area contributed by atoms with Crippen molar-refractivity contribution < 1.29 is 14.3 Å². The van der Waals surface area contributed by atoms with Crippen LogP contribution >= 0.6 is 11.3 Å². The summed E-state index contributed by atoms with van der Waals surface area (Å²) in [6.45, 7) is 12.0. The number of carbonyl (C=O) groups is 1. The zero-order valence-corrected chi connectivity index (χ0v) is 23.4. The average molecular weight is 514 g/mol. The van der Waals surface area contributed by atoms with E-state index in [1.165, 1.54) is 10.4 Å². The molecule has 198 valence electrons. The number of thiophene rings is 1. The molecule has 1 aromatic heterocycles. The standard InChI is InChI=1S/C29H43N3O3S/c1-21(2)32-20-29(35-23(4)28(32)33)13-16-31(17-14-29)22(3)19-24-9-6-7-10-25(24)34-26(12-15-30-5)27-11-8-18-36-27/h6-11,18,21-23,26,30H,12-17,19-20H2,1-5H3/t22?,23?,26-/m1/s1. The van der Waals surface area contributed by atoms with E-state index in [9.17, 15) is 4.79 Å². The second kappa shape index (κ2) is 12.1. The molecule has 2 unspecified atom stereocenters. The third kappa shape index (κ3) is 6.31. The first-order chi connectivity index (χ1) is 17.3. The monoisotopic (exact) mass is 513 g/mol. The molecule has 6 nitrogen and oxygen atoms in total. The van der Waals surface area contributed by atoms with Crippen LogP contribution in [0.15, 0.2) is 41.8 Å². The van der Waals surface area contributed by atoms with Gasteiger partial charge in [-0.2, -0.15) is 0 Å². The Kier molecular flexibility index (Phi) is 9.10. The topological polar surface area (TPSA) is 54.0 Å². The van der Waals surface area contributed by atoms with Gasteiger partial charge in [-0.15, -0.1) is 11.3 Å². The van der Waals surface area contributed by atoms with Gasteiger partial charge in [0.15, 0.2) is 0 Å². The molecule has 1 amide bonds. The van der Waals surface area contributed by atoms with E-state index < -0.39 is 0 Å². The summed E-state index contributed by atoms with van der Waals surface area (Å²) in [7, 11) is 1.99. The van der Waals surface area contributed by atoms with Gasteiger partial charge in [0.05, 0.1) is 12.1 Å². The number of benzene rings is 1. The lowest BCUT2D eigenvalue weighted by Crippen LogP contribution is -2.63. The van der Waals surface area contributed by atoms with Gasteiger partial charge in [0.25, 0.3) is 5.91 Å². The minimum Gasteiger partial charge on any atom is -0.485 e. The number of ether oxygens (including phenoxy) is 2. The SMILES string of the molecule is CNCC[C@@H](Oc1ccccc1CC(C)N1CCC2(CC1)CN(C(C)C)C(=O)C(C)O2)c1cccs1. The summed E-state index contributed by atoms with van der Waals surface area (Å²) in [6, 6.07) is 13.4. The van der Waals surface area contributed by atoms with Gasteiger partial charge in [-0.3, -0.25) is 4.79 Å². The fourth-order valence-corrected chi connectivity index (χ4v) is 6.36. The maximum Gasteiger partial charge on any atom is 0.251 e. The summed E-state index contributed by atoms with van der Waals surface area (Å²) < 4.78 is 13.0. The van der Waals surface area contributed by atoms with Crippen LogP contribution in [0.25, 0.3) is 0 Å². The second-order valence-corrected chi connectivity index (χ2v) is 11.7. The lowest BCUT2D eigenvalue weighted by molar-refractivity contribution is -0.193. The molecule has 3 atom stereocenters. The Hall–Kier alpha value is -1.93. The molecule has 2 aliphatic heterocycles. The van der Waals surface area contributed by atoms with Gasteiger partial charge < -0.3 is 24.6 Å². The van der Waals surface area contributed by atoms with Crippen LogP contribution in [0.1, 0.15) is 63.5 Å². The average Bonchev–Trinajstić information content (AvgIpc) is 3.40. The highest BCUT2D eigenvalue weighted by Crippen LogP contribution is 2.35. The molecule has 1 N–H and O–H groups in total. The van der Waals surface area contributed by atoms with Crippen molar-refractivity contribution in [3.8, 4) is 5.75 Å². The van der Waals surface area contributed by atoms with Gasteiger partial charge in [0.1, 0.15) is 18.0 Å². The molecule has 0 bridgehead atoms. The summed E-state index contributed by atoms with van der Waals surface area (Å²) >= 11 is 1.76. The van der Waals surface area contributed by atoms with Crippen molar-refractivity contribution in [2.75, 3.05) is 33.2 Å². The van der Waals surface area contributed by atoms with Gasteiger partial charge >= 0.3 is 0 Å². The van der Waals surface area contributed by atoms with Crippen LogP contribution in [0.4, 0.5) is 0 Å². The predicted octanol–water partition coefficient (Wildman–Crippen LogP) is 4.90. The van der Waals surface area contributed by atoms with E-state index in [4.69, 9.17) is 9.47 Å². The number of para-hydroxylation sites is 1. The van der Waals surface area contributed by atoms with Crippen LogP contribution < -0.4 is 10.1 Å². The molecular formula is C29H43N3O3S. The maximum absolute atomic E-state index is 12.6. The summed E-state index contributed by atoms with van der Waals surface area (Å²) in [5, 5.41) is 5.38. The van der Waals surface area contributed by atoms with Gasteiger partial charge in [-0.05, 0) is 83.6 Å². The first-order valence-electron chi connectivity index (χ1n) is 13.5. The smallest absolute Gasteiger partial charge is 0.251 e. The molecule has 2 aliphatic rings. The molecule has 4 rings (SSSR count). The van der Waals surface area contributed by atoms with E-state index in [0.717, 1.165) is 51.1 Å². The van der Waals surface area contributed by atoms with Crippen LogP contribution in [-0.4, -0.2) is 72.7 Å². The van der Waals surface area contributed by atoms with Crippen molar-refractivity contribution in [3.63, 3.8) is 0 Å². The fourth-order valence-electron chi connectivity index (χ4n) is 5.57. The highest BCUT2D eigenvalue weighted by Gasteiger charge is 2.46. The Bertz CT molecular complexity index is 972. The van der Waals surface area contributed by atoms with Crippen molar-refractivity contribution in [3.05, 3.63) is 52.2 Å². The lowest BCUT2D eigenvalue weighted by atomic mass is 9.87. The highest BCUT2D eigenvalue weighted by molar-refractivity contribution is 7.10. The Morgan fingerprint density at radius 2 is 1.92 bits per heavy atom. The van der Waals surface area contributed by atoms with E-state index in [-0.39, 0.29) is 29.8 Å². The van der Waals surface area contributed by atoms with E-state index >= 15 is 0 Å². The van der Waals surface area contributed by atoms with Crippen LogP contribution in [0.5, 0.6) is 5.75 Å². The number of nitrogens with zero attached hydrogens (tertiary/aromatic N) is 2. The van der Waals surface area contributed by atoms with Crippen molar-refractivity contribution in [2.45, 2.75) is 83.3 Å². The van der Waals surface area contributed by atoms with E-state index in [1.54, 1.807) is 11.3 Å². The molecule has 3 heterocycles. The number of rotatable bonds is 10. The van der Waals surface area contributed by atoms with Gasteiger partial charge in [0, 0.05) is 36.5 Å². The molecule has 0 saturated carbocycles. The molecular weight excluding hydrogens is 470 g/mol. The number of carbonyl (C=O) groups excluding carboxylic acids is 1. The summed E-state index contributed by atoms with van der Waals surface area (Å²) in [5.74, 6) is 1.11. The van der Waals surface area contributed by atoms with Crippen LogP contribution in [0, 0.1) is 0 Å². The fraction of sp³-hybridized carbons (Fsp3) is 0.621. The Morgan fingerprint density at radius 1 is 1.17 bits per heavy atom. The molecule has 0 aliphatic carbocycles. The van der Waals surface area contributed by atoms with Crippen molar-refractivity contribution in [2.24, 2.45) is 0 Å². The number of piperidine rings is 1. The van der Waals surface area contributed by atoms with E-state index in [2.05, 4.69) is 72.8 Å². The number of amides is 1. The highest BCUT2D eigenvalue weighted by atomic mass is 32.1. The molecule has 7 heteroatoms. The third-order valence-electron chi connectivity index (χ3n) is 7.75. The first kappa shape index (κ1) is 27.1. The quantitative estimate of drug-likeness (QED) is 0.490. The van der Waals surface area contributed by atoms with Crippen LogP contribution in [-0.2, 0) is 16.0 Å². The predicted molar refractivity (Wildman–Crippen MR) is 147 cm³/mol. The Morgan fingerprint density at radius 3 is 2.58 bits per heavy atom. The second-order valence-electron chi connectivity index (χ2n) is 10.7. The molecule has 0 radical (unpaired) electrons. The zero-order valence-electron chi connectivity index (χ0n) is 22.5. The number of likely N-dealkylation sites (tertiary alicyclic amines) is 1. The van der Waals surface area contributed by atoms with Gasteiger partial charge in [0.2, 0.25) is 0 Å². The van der Waals surface area contributed by atoms with Crippen LogP contribution in [0.3, 0.4) is 0 Å². The maximum atomic E-state index is 12.6. The van der Waals surface area contributed by atoms with Crippen molar-refractivity contribution in [1.82, 2.24) is 15.1 Å². The van der Waals surface area contributed by atoms with Gasteiger partial charge in [-0.25, -0.2) is 0 Å². The molecule has 2 aromatic rings. The normalized spacial score (nSPS) is 22.2. The Labute approximate surface area is 221 Å². The first-order valence-corrected chi connectivity index (χ1v) is 14.3. The number of hydrogen-bond acceptors (Lipinski definition) is 6. The molecule has 2 saturated heterocycles. The molecule has 2 fully saturated rings. The summed E-state index contributed by atoms with van der Waals surface area (Å²) in [5.41, 5.74) is 1.05. The summed E-state index contributed by atoms with van der Waals surface area (Å²) in [4.78, 5) is 18.4. The van der Waals surface area contributed by atoms with Gasteiger partial charge in [-0.1, -0.05) is 24.3 Å². The van der Waals surface area contributed by atoms with Crippen LogP contribution in [0.2, 0.25) is 0 Å². The minimum atomic E-state index is -0.353. The number of hydrogen-bond donors (Lipinski definition) is 1. The largest absolute Gasteiger partial charge is 0.485 e. The number of nitrogens with one attached hydrogen (secondary N) is 1. The molecule has 36 heavy (non-hydrogen) atoms. The third-order valence-corrected chi connectivity index (χ3v) is 8.71. The molecule has 1 aromatic carbocycles. The van der Waals surface area contributed by atoms with Crippen molar-refractivity contribution in [1.29, 1.82) is 0 Å². The van der Waals surface area contributed by atoms with E-state index in [0.29, 0.717) is 12.6 Å². The van der Waals surface area contributed by atoms with E-state index in [1.807, 2.05) is 18.9 Å². The number of morpholine rings is 1. The minimum absolute atomic E-state index is 0.0563. The Balaban J connectivity index is 1.39. The van der Waals surface area contributed by atoms with Crippen molar-refractivity contribution >= 4 is 17.2 Å². The summed E-state index contributed by atoms with van der Waals surface area (Å²) in [6.07, 6.45) is 3.50.